The molecule has 0 aliphatic carbocycles. The molecule has 1 amide bonds. The third-order valence-electron chi connectivity index (χ3n) is 2.07. The van der Waals surface area contributed by atoms with E-state index in [9.17, 15) is 9.59 Å². The van der Waals surface area contributed by atoms with Gasteiger partial charge in [-0.2, -0.15) is 0 Å². The first-order chi connectivity index (χ1) is 5.84. The van der Waals surface area contributed by atoms with Crippen LogP contribution in [0.3, 0.4) is 0 Å². The first-order valence-electron chi connectivity index (χ1n) is 4.26. The van der Waals surface area contributed by atoms with Crippen molar-refractivity contribution in [2.45, 2.75) is 12.8 Å². The van der Waals surface area contributed by atoms with Gasteiger partial charge in [0.25, 0.3) is 0 Å². The summed E-state index contributed by atoms with van der Waals surface area (Å²) in [7, 11) is 0. The molecular formula is C8H16N2O2. The monoisotopic (exact) mass is 172 g/mol. The predicted octanol–water partition coefficient (Wildman–Crippen LogP) is -0.453. The molecule has 0 aromatic heterocycles. The lowest BCUT2D eigenvalue weighted by Crippen LogP contribution is -2.38. The van der Waals surface area contributed by atoms with Gasteiger partial charge in [-0.1, -0.05) is 0 Å². The topological polar surface area (TPSA) is 58.2 Å². The molecule has 0 saturated carbocycles. The Morgan fingerprint density at radius 3 is 2.83 bits per heavy atom. The number of carbonyl (C=O) groups excluding carboxylic acids is 2. The van der Waals surface area contributed by atoms with Gasteiger partial charge < -0.3 is 15.4 Å². The molecule has 4 heteroatoms. The zero-order valence-corrected chi connectivity index (χ0v) is 7.01. The van der Waals surface area contributed by atoms with E-state index < -0.39 is 0 Å². The SMILES string of the molecule is O=CCNC(=O)C1CCNCC1.[HH]. The second kappa shape index (κ2) is 4.87. The van der Waals surface area contributed by atoms with Gasteiger partial charge in [0.05, 0.1) is 6.54 Å². The fourth-order valence-electron chi connectivity index (χ4n) is 1.37. The van der Waals surface area contributed by atoms with Crippen LogP contribution in [0.1, 0.15) is 14.3 Å². The zero-order valence-electron chi connectivity index (χ0n) is 7.01. The van der Waals surface area contributed by atoms with E-state index in [0.717, 1.165) is 25.9 Å². The molecule has 12 heavy (non-hydrogen) atoms. The molecular weight excluding hydrogens is 156 g/mol. The van der Waals surface area contributed by atoms with Crippen molar-refractivity contribution in [2.24, 2.45) is 5.92 Å². The Bertz CT molecular complexity index is 170. The predicted molar refractivity (Wildman–Crippen MR) is 46.8 cm³/mol. The van der Waals surface area contributed by atoms with Gasteiger partial charge in [0.2, 0.25) is 5.91 Å². The van der Waals surface area contributed by atoms with E-state index in [4.69, 9.17) is 0 Å². The highest BCUT2D eigenvalue weighted by Gasteiger charge is 2.19. The molecule has 0 aromatic carbocycles. The summed E-state index contributed by atoms with van der Waals surface area (Å²) in [5.41, 5.74) is 0. The minimum absolute atomic E-state index is 0. The summed E-state index contributed by atoms with van der Waals surface area (Å²) in [5, 5.41) is 5.74. The molecule has 0 bridgehead atoms. The van der Waals surface area contributed by atoms with Gasteiger partial charge in [-0.25, -0.2) is 0 Å². The number of amides is 1. The highest BCUT2D eigenvalue weighted by Crippen LogP contribution is 2.10. The second-order valence-corrected chi connectivity index (χ2v) is 2.94. The molecule has 1 aliphatic rings. The van der Waals surface area contributed by atoms with E-state index in [-0.39, 0.29) is 19.8 Å². The number of piperidine rings is 1. The molecule has 1 aliphatic heterocycles. The van der Waals surface area contributed by atoms with Gasteiger partial charge in [-0.05, 0) is 25.9 Å². The first-order valence-corrected chi connectivity index (χ1v) is 4.26. The summed E-state index contributed by atoms with van der Waals surface area (Å²) in [6, 6.07) is 0. The van der Waals surface area contributed by atoms with Crippen molar-refractivity contribution < 1.29 is 11.0 Å². The Labute approximate surface area is 73.2 Å². The quantitative estimate of drug-likeness (QED) is 0.567. The largest absolute Gasteiger partial charge is 0.349 e. The summed E-state index contributed by atoms with van der Waals surface area (Å²) in [6.07, 6.45) is 2.47. The Hall–Kier alpha value is -0.900. The maximum absolute atomic E-state index is 11.3. The van der Waals surface area contributed by atoms with Crippen molar-refractivity contribution >= 4 is 12.2 Å². The molecule has 1 heterocycles. The summed E-state index contributed by atoms with van der Waals surface area (Å²) in [4.78, 5) is 21.2. The third-order valence-corrected chi connectivity index (χ3v) is 2.07. The van der Waals surface area contributed by atoms with Crippen LogP contribution in [-0.2, 0) is 9.59 Å². The van der Waals surface area contributed by atoms with E-state index in [2.05, 4.69) is 10.6 Å². The number of nitrogens with one attached hydrogen (secondary N) is 2. The fourth-order valence-corrected chi connectivity index (χ4v) is 1.37. The molecule has 0 spiro atoms. The molecule has 70 valence electrons. The van der Waals surface area contributed by atoms with Crippen LogP contribution in [0.5, 0.6) is 0 Å². The van der Waals surface area contributed by atoms with Gasteiger partial charge in [-0.15, -0.1) is 0 Å². The Kier molecular flexibility index (Phi) is 3.73. The molecule has 1 saturated heterocycles. The van der Waals surface area contributed by atoms with Gasteiger partial charge in [0, 0.05) is 7.34 Å². The van der Waals surface area contributed by atoms with Crippen molar-refractivity contribution in [3.8, 4) is 0 Å². The van der Waals surface area contributed by atoms with Crippen molar-refractivity contribution in [1.29, 1.82) is 0 Å². The molecule has 0 radical (unpaired) electrons. The minimum Gasteiger partial charge on any atom is -0.349 e. The first kappa shape index (κ1) is 9.19. The number of hydrogen-bond acceptors (Lipinski definition) is 3. The van der Waals surface area contributed by atoms with Crippen LogP contribution < -0.4 is 10.6 Å². The number of hydrogen-bond donors (Lipinski definition) is 2. The molecule has 0 unspecified atom stereocenters. The zero-order chi connectivity index (χ0) is 8.81. The summed E-state index contributed by atoms with van der Waals surface area (Å²) in [5.74, 6) is 0.120. The lowest BCUT2D eigenvalue weighted by Gasteiger charge is -2.21. The Morgan fingerprint density at radius 1 is 1.58 bits per heavy atom. The maximum Gasteiger partial charge on any atom is 0.223 e. The average molecular weight is 172 g/mol. The van der Waals surface area contributed by atoms with Crippen LogP contribution in [0, 0.1) is 5.92 Å². The van der Waals surface area contributed by atoms with Crippen molar-refractivity contribution in [2.75, 3.05) is 19.6 Å². The van der Waals surface area contributed by atoms with E-state index in [1.165, 1.54) is 0 Å². The van der Waals surface area contributed by atoms with Crippen molar-refractivity contribution in [3.63, 3.8) is 0 Å². The van der Waals surface area contributed by atoms with E-state index in [1.54, 1.807) is 0 Å². The fraction of sp³-hybridized carbons (Fsp3) is 0.750. The van der Waals surface area contributed by atoms with Crippen molar-refractivity contribution in [3.05, 3.63) is 0 Å². The van der Waals surface area contributed by atoms with Crippen LogP contribution >= 0.6 is 0 Å². The van der Waals surface area contributed by atoms with E-state index in [1.807, 2.05) is 0 Å². The third kappa shape index (κ3) is 2.62. The summed E-state index contributed by atoms with van der Waals surface area (Å²) < 4.78 is 0. The van der Waals surface area contributed by atoms with Crippen LogP contribution in [-0.4, -0.2) is 31.8 Å². The molecule has 4 nitrogen and oxygen atoms in total. The van der Waals surface area contributed by atoms with Crippen LogP contribution in [0.4, 0.5) is 0 Å². The van der Waals surface area contributed by atoms with Crippen LogP contribution in [0.15, 0.2) is 0 Å². The summed E-state index contributed by atoms with van der Waals surface area (Å²) in [6.45, 7) is 1.95. The molecule has 0 atom stereocenters. The smallest absolute Gasteiger partial charge is 0.223 e. The van der Waals surface area contributed by atoms with Gasteiger partial charge in [-0.3, -0.25) is 4.79 Å². The van der Waals surface area contributed by atoms with Gasteiger partial charge in [0.1, 0.15) is 6.29 Å². The number of carbonyl (C=O) groups is 2. The highest BCUT2D eigenvalue weighted by atomic mass is 16.2. The second-order valence-electron chi connectivity index (χ2n) is 2.94. The molecule has 0 aromatic rings. The van der Waals surface area contributed by atoms with E-state index >= 15 is 0 Å². The van der Waals surface area contributed by atoms with Gasteiger partial charge in [0.15, 0.2) is 0 Å². The molecule has 1 rings (SSSR count). The maximum atomic E-state index is 11.3. The minimum atomic E-state index is 0. The lowest BCUT2D eigenvalue weighted by molar-refractivity contribution is -0.126. The summed E-state index contributed by atoms with van der Waals surface area (Å²) >= 11 is 0. The molecule has 1 fully saturated rings. The van der Waals surface area contributed by atoms with E-state index in [0.29, 0.717) is 6.29 Å². The standard InChI is InChI=1S/C8H14N2O2.H2/c11-6-5-10-8(12)7-1-3-9-4-2-7;/h6-7,9H,1-5H2,(H,10,12);1H. The number of aldehydes is 1. The van der Waals surface area contributed by atoms with Gasteiger partial charge >= 0.3 is 0 Å². The van der Waals surface area contributed by atoms with Crippen molar-refractivity contribution in [1.82, 2.24) is 10.6 Å². The highest BCUT2D eigenvalue weighted by molar-refractivity contribution is 5.80. The van der Waals surface area contributed by atoms with Crippen LogP contribution in [0.25, 0.3) is 0 Å². The Morgan fingerprint density at radius 2 is 2.25 bits per heavy atom. The lowest BCUT2D eigenvalue weighted by atomic mass is 9.97. The van der Waals surface area contributed by atoms with Crippen LogP contribution in [0.2, 0.25) is 0 Å². The normalized spacial score (nSPS) is 18.7. The number of rotatable bonds is 3. The average Bonchev–Trinajstić information content (AvgIpc) is 2.15. The Balaban J connectivity index is 0.00000144. The molecule has 2 N–H and O–H groups in total.